The Morgan fingerprint density at radius 3 is 2.50 bits per heavy atom. The van der Waals surface area contributed by atoms with Gasteiger partial charge in [-0.1, -0.05) is 41.9 Å². The molecule has 4 nitrogen and oxygen atoms in total. The Morgan fingerprint density at radius 1 is 1.20 bits per heavy atom. The van der Waals surface area contributed by atoms with Crippen LogP contribution in [-0.2, 0) is 6.61 Å². The van der Waals surface area contributed by atoms with Crippen LogP contribution in [0.4, 0.5) is 0 Å². The lowest BCUT2D eigenvalue weighted by atomic mass is 10.2. The van der Waals surface area contributed by atoms with Gasteiger partial charge < -0.3 is 15.2 Å². The SMILES string of the molecule is COc1cc(Cl)c(C(N)=O)cc1OCc1ccccc1. The molecule has 0 saturated heterocycles. The van der Waals surface area contributed by atoms with E-state index >= 15 is 0 Å². The summed E-state index contributed by atoms with van der Waals surface area (Å²) < 4.78 is 10.9. The number of carbonyl (C=O) groups is 1. The van der Waals surface area contributed by atoms with E-state index in [9.17, 15) is 4.79 Å². The summed E-state index contributed by atoms with van der Waals surface area (Å²) in [7, 11) is 1.50. The highest BCUT2D eigenvalue weighted by atomic mass is 35.5. The van der Waals surface area contributed by atoms with E-state index in [1.165, 1.54) is 19.2 Å². The molecule has 0 aliphatic rings. The highest BCUT2D eigenvalue weighted by molar-refractivity contribution is 6.34. The van der Waals surface area contributed by atoms with Crippen LogP contribution in [0.25, 0.3) is 0 Å². The molecule has 0 atom stereocenters. The number of benzene rings is 2. The van der Waals surface area contributed by atoms with Gasteiger partial charge in [-0.15, -0.1) is 0 Å². The fraction of sp³-hybridized carbons (Fsp3) is 0.133. The molecule has 0 saturated carbocycles. The molecular formula is C15H14ClNO3. The maximum absolute atomic E-state index is 11.3. The third-order valence-electron chi connectivity index (χ3n) is 2.76. The molecule has 0 unspecified atom stereocenters. The molecule has 0 radical (unpaired) electrons. The molecule has 0 spiro atoms. The Bertz CT molecular complexity index is 614. The van der Waals surface area contributed by atoms with Gasteiger partial charge in [-0.25, -0.2) is 0 Å². The third kappa shape index (κ3) is 3.22. The lowest BCUT2D eigenvalue weighted by Crippen LogP contribution is -2.12. The quantitative estimate of drug-likeness (QED) is 0.921. The summed E-state index contributed by atoms with van der Waals surface area (Å²) in [5, 5.41) is 0.237. The summed E-state index contributed by atoms with van der Waals surface area (Å²) in [6.07, 6.45) is 0. The van der Waals surface area contributed by atoms with Crippen LogP contribution >= 0.6 is 11.6 Å². The van der Waals surface area contributed by atoms with E-state index in [2.05, 4.69) is 0 Å². The smallest absolute Gasteiger partial charge is 0.250 e. The molecule has 5 heteroatoms. The Hall–Kier alpha value is -2.20. The zero-order valence-corrected chi connectivity index (χ0v) is 11.7. The second-order valence-electron chi connectivity index (χ2n) is 4.12. The molecule has 20 heavy (non-hydrogen) atoms. The molecule has 1 amide bonds. The number of ether oxygens (including phenoxy) is 2. The van der Waals surface area contributed by atoms with Gasteiger partial charge in [0.05, 0.1) is 17.7 Å². The number of carbonyl (C=O) groups excluding carboxylic acids is 1. The average molecular weight is 292 g/mol. The van der Waals surface area contributed by atoms with Crippen LogP contribution in [0.15, 0.2) is 42.5 Å². The van der Waals surface area contributed by atoms with Crippen molar-refractivity contribution in [2.75, 3.05) is 7.11 Å². The number of nitrogens with two attached hydrogens (primary N) is 1. The number of rotatable bonds is 5. The fourth-order valence-electron chi connectivity index (χ4n) is 1.73. The summed E-state index contributed by atoms with van der Waals surface area (Å²) >= 11 is 5.96. The van der Waals surface area contributed by atoms with Gasteiger partial charge in [0.25, 0.3) is 0 Å². The van der Waals surface area contributed by atoms with Gasteiger partial charge in [-0.05, 0) is 11.6 Å². The maximum Gasteiger partial charge on any atom is 0.250 e. The molecule has 0 aliphatic carbocycles. The van der Waals surface area contributed by atoms with E-state index < -0.39 is 5.91 Å². The van der Waals surface area contributed by atoms with Crippen LogP contribution in [-0.4, -0.2) is 13.0 Å². The molecule has 0 aliphatic heterocycles. The minimum Gasteiger partial charge on any atom is -0.493 e. The Balaban J connectivity index is 2.25. The first-order chi connectivity index (χ1) is 9.61. The van der Waals surface area contributed by atoms with Crippen LogP contribution in [0, 0.1) is 0 Å². The molecule has 2 rings (SSSR count). The summed E-state index contributed by atoms with van der Waals surface area (Å²) in [4.78, 5) is 11.3. The Kier molecular flexibility index (Phi) is 4.48. The molecular weight excluding hydrogens is 278 g/mol. The van der Waals surface area contributed by atoms with Gasteiger partial charge in [-0.2, -0.15) is 0 Å². The van der Waals surface area contributed by atoms with Crippen molar-refractivity contribution in [1.29, 1.82) is 0 Å². The van der Waals surface area contributed by atoms with Crippen molar-refractivity contribution in [1.82, 2.24) is 0 Å². The van der Waals surface area contributed by atoms with Crippen molar-refractivity contribution < 1.29 is 14.3 Å². The van der Waals surface area contributed by atoms with E-state index in [4.69, 9.17) is 26.8 Å². The van der Waals surface area contributed by atoms with Crippen molar-refractivity contribution in [2.24, 2.45) is 5.73 Å². The molecule has 0 bridgehead atoms. The molecule has 0 aromatic heterocycles. The van der Waals surface area contributed by atoms with Crippen molar-refractivity contribution in [3.05, 3.63) is 58.6 Å². The third-order valence-corrected chi connectivity index (χ3v) is 3.07. The number of amides is 1. The van der Waals surface area contributed by atoms with Gasteiger partial charge in [0.1, 0.15) is 6.61 Å². The lowest BCUT2D eigenvalue weighted by Gasteiger charge is -2.12. The molecule has 2 aromatic rings. The van der Waals surface area contributed by atoms with Gasteiger partial charge in [-0.3, -0.25) is 4.79 Å². The van der Waals surface area contributed by atoms with E-state index in [0.29, 0.717) is 18.1 Å². The van der Waals surface area contributed by atoms with Crippen LogP contribution in [0.2, 0.25) is 5.02 Å². The fourth-order valence-corrected chi connectivity index (χ4v) is 1.98. The minimum absolute atomic E-state index is 0.204. The molecule has 0 fully saturated rings. The first-order valence-corrected chi connectivity index (χ1v) is 6.33. The Labute approximate surface area is 122 Å². The van der Waals surface area contributed by atoms with Gasteiger partial charge in [0, 0.05) is 6.07 Å². The van der Waals surface area contributed by atoms with Crippen molar-refractivity contribution in [3.63, 3.8) is 0 Å². The first kappa shape index (κ1) is 14.2. The highest BCUT2D eigenvalue weighted by Gasteiger charge is 2.14. The van der Waals surface area contributed by atoms with E-state index in [1.54, 1.807) is 0 Å². The molecule has 104 valence electrons. The van der Waals surface area contributed by atoms with Gasteiger partial charge >= 0.3 is 0 Å². The van der Waals surface area contributed by atoms with Crippen molar-refractivity contribution in [3.8, 4) is 11.5 Å². The van der Waals surface area contributed by atoms with Crippen LogP contribution < -0.4 is 15.2 Å². The summed E-state index contributed by atoms with van der Waals surface area (Å²) in [5.41, 5.74) is 6.47. The summed E-state index contributed by atoms with van der Waals surface area (Å²) in [6.45, 7) is 0.358. The minimum atomic E-state index is -0.609. The van der Waals surface area contributed by atoms with Crippen molar-refractivity contribution in [2.45, 2.75) is 6.61 Å². The normalized spacial score (nSPS) is 10.1. The molecule has 0 heterocycles. The number of halogens is 1. The molecule has 2 N–H and O–H groups in total. The number of methoxy groups -OCH3 is 1. The lowest BCUT2D eigenvalue weighted by molar-refractivity contribution is 0.1000. The standard InChI is InChI=1S/C15H14ClNO3/c1-19-13-8-12(16)11(15(17)18)7-14(13)20-9-10-5-3-2-4-6-10/h2-8H,9H2,1H3,(H2,17,18). The maximum atomic E-state index is 11.3. The van der Waals surface area contributed by atoms with E-state index in [0.717, 1.165) is 5.56 Å². The largest absolute Gasteiger partial charge is 0.493 e. The summed E-state index contributed by atoms with van der Waals surface area (Å²) in [6, 6.07) is 12.7. The predicted molar refractivity (Wildman–Crippen MR) is 77.3 cm³/mol. The zero-order chi connectivity index (χ0) is 14.5. The predicted octanol–water partition coefficient (Wildman–Crippen LogP) is 3.03. The van der Waals surface area contributed by atoms with Crippen LogP contribution in [0.3, 0.4) is 0 Å². The Morgan fingerprint density at radius 2 is 1.90 bits per heavy atom. The van der Waals surface area contributed by atoms with E-state index in [1.807, 2.05) is 30.3 Å². The second-order valence-corrected chi connectivity index (χ2v) is 4.53. The second kappa shape index (κ2) is 6.30. The topological polar surface area (TPSA) is 61.5 Å². The zero-order valence-electron chi connectivity index (χ0n) is 10.9. The monoisotopic (exact) mass is 291 g/mol. The average Bonchev–Trinajstić information content (AvgIpc) is 2.46. The van der Waals surface area contributed by atoms with Crippen LogP contribution in [0.1, 0.15) is 15.9 Å². The number of primary amides is 1. The number of hydrogen-bond donors (Lipinski definition) is 1. The highest BCUT2D eigenvalue weighted by Crippen LogP contribution is 2.33. The van der Waals surface area contributed by atoms with Gasteiger partial charge in [0.15, 0.2) is 11.5 Å². The van der Waals surface area contributed by atoms with Crippen molar-refractivity contribution >= 4 is 17.5 Å². The van der Waals surface area contributed by atoms with Crippen LogP contribution in [0.5, 0.6) is 11.5 Å². The summed E-state index contributed by atoms with van der Waals surface area (Å²) in [5.74, 6) is 0.271. The first-order valence-electron chi connectivity index (χ1n) is 5.96. The molecule has 2 aromatic carbocycles. The number of hydrogen-bond acceptors (Lipinski definition) is 3. The van der Waals surface area contributed by atoms with E-state index in [-0.39, 0.29) is 10.6 Å². The van der Waals surface area contributed by atoms with Gasteiger partial charge in [0.2, 0.25) is 5.91 Å².